The van der Waals surface area contributed by atoms with Gasteiger partial charge < -0.3 is 5.32 Å². The van der Waals surface area contributed by atoms with E-state index in [4.69, 9.17) is 4.98 Å². The molecule has 0 saturated carbocycles. The van der Waals surface area contributed by atoms with Gasteiger partial charge in [-0.2, -0.15) is 0 Å². The van der Waals surface area contributed by atoms with Crippen LogP contribution in [0.2, 0.25) is 0 Å². The fourth-order valence-electron chi connectivity index (χ4n) is 2.94. The van der Waals surface area contributed by atoms with E-state index in [1.54, 1.807) is 0 Å². The zero-order valence-corrected chi connectivity index (χ0v) is 13.0. The highest BCUT2D eigenvalue weighted by molar-refractivity contribution is 7.18. The first-order valence-corrected chi connectivity index (χ1v) is 8.47. The molecule has 20 heavy (non-hydrogen) atoms. The Balaban J connectivity index is 1.68. The number of hydrogen-bond donors (Lipinski definition) is 1. The summed E-state index contributed by atoms with van der Waals surface area (Å²) in [7, 11) is 0. The summed E-state index contributed by atoms with van der Waals surface area (Å²) in [5.41, 5.74) is 1.14. The highest BCUT2D eigenvalue weighted by Crippen LogP contribution is 2.23. The quantitative estimate of drug-likeness (QED) is 0.936. The molecular weight excluding hydrogens is 266 g/mol. The molecular formula is C16H23N3S. The molecule has 4 heteroatoms. The molecule has 1 unspecified atom stereocenters. The molecule has 1 aromatic heterocycles. The molecule has 0 spiro atoms. The Labute approximate surface area is 125 Å². The minimum atomic E-state index is 0.650. The normalized spacial score (nSPS) is 21.1. The molecule has 1 fully saturated rings. The largest absolute Gasteiger partial charge is 0.313 e. The van der Waals surface area contributed by atoms with Gasteiger partial charge in [0.25, 0.3) is 0 Å². The van der Waals surface area contributed by atoms with Gasteiger partial charge in [-0.25, -0.2) is 4.98 Å². The number of rotatable bonds is 4. The SMILES string of the molecule is CCCC1CN(Cc2nc3ccccc3s2)CCCN1. The Morgan fingerprint density at radius 2 is 2.30 bits per heavy atom. The van der Waals surface area contributed by atoms with Crippen molar-refractivity contribution in [2.45, 2.75) is 38.8 Å². The summed E-state index contributed by atoms with van der Waals surface area (Å²) in [6.07, 6.45) is 3.77. The van der Waals surface area contributed by atoms with Gasteiger partial charge in [0, 0.05) is 12.6 Å². The first-order valence-electron chi connectivity index (χ1n) is 7.65. The minimum absolute atomic E-state index is 0.650. The van der Waals surface area contributed by atoms with E-state index in [1.165, 1.54) is 35.5 Å². The molecule has 1 aliphatic rings. The lowest BCUT2D eigenvalue weighted by Gasteiger charge is -2.23. The van der Waals surface area contributed by atoms with Crippen molar-refractivity contribution in [2.24, 2.45) is 0 Å². The van der Waals surface area contributed by atoms with Gasteiger partial charge in [-0.3, -0.25) is 4.90 Å². The van der Waals surface area contributed by atoms with Crippen LogP contribution in [0.25, 0.3) is 10.2 Å². The number of nitrogens with one attached hydrogen (secondary N) is 1. The van der Waals surface area contributed by atoms with Crippen molar-refractivity contribution < 1.29 is 0 Å². The van der Waals surface area contributed by atoms with Crippen molar-refractivity contribution in [1.82, 2.24) is 15.2 Å². The van der Waals surface area contributed by atoms with E-state index in [1.807, 2.05) is 11.3 Å². The van der Waals surface area contributed by atoms with E-state index in [-0.39, 0.29) is 0 Å². The first kappa shape index (κ1) is 14.0. The zero-order chi connectivity index (χ0) is 13.8. The number of para-hydroxylation sites is 1. The lowest BCUT2D eigenvalue weighted by molar-refractivity contribution is 0.254. The van der Waals surface area contributed by atoms with Crippen molar-refractivity contribution >= 4 is 21.6 Å². The zero-order valence-electron chi connectivity index (χ0n) is 12.1. The van der Waals surface area contributed by atoms with Crippen molar-refractivity contribution in [1.29, 1.82) is 0 Å². The smallest absolute Gasteiger partial charge is 0.108 e. The molecule has 0 aliphatic carbocycles. The predicted molar refractivity (Wildman–Crippen MR) is 86.2 cm³/mol. The van der Waals surface area contributed by atoms with Crippen LogP contribution in [0.5, 0.6) is 0 Å². The molecule has 1 N–H and O–H groups in total. The maximum atomic E-state index is 4.76. The van der Waals surface area contributed by atoms with Gasteiger partial charge in [-0.15, -0.1) is 11.3 Å². The number of benzene rings is 1. The molecule has 0 bridgehead atoms. The maximum absolute atomic E-state index is 4.76. The van der Waals surface area contributed by atoms with Crippen molar-refractivity contribution in [3.8, 4) is 0 Å². The average molecular weight is 289 g/mol. The Morgan fingerprint density at radius 3 is 3.15 bits per heavy atom. The first-order chi connectivity index (χ1) is 9.85. The highest BCUT2D eigenvalue weighted by Gasteiger charge is 2.18. The summed E-state index contributed by atoms with van der Waals surface area (Å²) < 4.78 is 1.31. The van der Waals surface area contributed by atoms with Gasteiger partial charge in [0.1, 0.15) is 5.01 Å². The molecule has 1 atom stereocenters. The summed E-state index contributed by atoms with van der Waals surface area (Å²) >= 11 is 1.84. The predicted octanol–water partition coefficient (Wildman–Crippen LogP) is 3.26. The Morgan fingerprint density at radius 1 is 1.40 bits per heavy atom. The summed E-state index contributed by atoms with van der Waals surface area (Å²) in [6, 6.07) is 9.09. The van der Waals surface area contributed by atoms with Crippen LogP contribution in [0.1, 0.15) is 31.2 Å². The van der Waals surface area contributed by atoms with Crippen LogP contribution in [-0.4, -0.2) is 35.6 Å². The lowest BCUT2D eigenvalue weighted by Crippen LogP contribution is -2.37. The van der Waals surface area contributed by atoms with Crippen LogP contribution in [0.4, 0.5) is 0 Å². The van der Waals surface area contributed by atoms with Crippen LogP contribution >= 0.6 is 11.3 Å². The summed E-state index contributed by atoms with van der Waals surface area (Å²) in [6.45, 7) is 6.76. The number of thiazole rings is 1. The van der Waals surface area contributed by atoms with E-state index in [0.29, 0.717) is 6.04 Å². The molecule has 108 valence electrons. The highest BCUT2D eigenvalue weighted by atomic mass is 32.1. The van der Waals surface area contributed by atoms with Crippen LogP contribution < -0.4 is 5.32 Å². The number of aromatic nitrogens is 1. The standard InChI is InChI=1S/C16H23N3S/c1-2-6-13-11-19(10-5-9-17-13)12-16-18-14-7-3-4-8-15(14)20-16/h3-4,7-8,13,17H,2,5-6,9-12H2,1H3. The molecule has 3 rings (SSSR count). The third-order valence-corrected chi connectivity index (χ3v) is 4.92. The Bertz CT molecular complexity index is 518. The van der Waals surface area contributed by atoms with Gasteiger partial charge in [0.2, 0.25) is 0 Å². The average Bonchev–Trinajstić information content (AvgIpc) is 2.72. The second kappa shape index (κ2) is 6.66. The lowest BCUT2D eigenvalue weighted by atomic mass is 10.1. The summed E-state index contributed by atoms with van der Waals surface area (Å²) in [4.78, 5) is 7.33. The fraction of sp³-hybridized carbons (Fsp3) is 0.562. The minimum Gasteiger partial charge on any atom is -0.313 e. The monoisotopic (exact) mass is 289 g/mol. The van der Waals surface area contributed by atoms with Crippen molar-refractivity contribution in [3.05, 3.63) is 29.3 Å². The van der Waals surface area contributed by atoms with E-state index >= 15 is 0 Å². The van der Waals surface area contributed by atoms with Gasteiger partial charge in [0.05, 0.1) is 16.8 Å². The Hall–Kier alpha value is -0.970. The van der Waals surface area contributed by atoms with Crippen molar-refractivity contribution in [3.63, 3.8) is 0 Å². The Kier molecular flexibility index (Phi) is 4.65. The third kappa shape index (κ3) is 3.37. The topological polar surface area (TPSA) is 28.2 Å². The molecule has 3 nitrogen and oxygen atoms in total. The molecule has 2 heterocycles. The summed E-state index contributed by atoms with van der Waals surface area (Å²) in [5, 5.41) is 4.92. The molecule has 0 amide bonds. The van der Waals surface area contributed by atoms with Gasteiger partial charge >= 0.3 is 0 Å². The van der Waals surface area contributed by atoms with Crippen LogP contribution in [0.3, 0.4) is 0 Å². The number of hydrogen-bond acceptors (Lipinski definition) is 4. The van der Waals surface area contributed by atoms with Crippen LogP contribution in [0, 0.1) is 0 Å². The fourth-order valence-corrected chi connectivity index (χ4v) is 3.95. The maximum Gasteiger partial charge on any atom is 0.108 e. The van der Waals surface area contributed by atoms with Crippen molar-refractivity contribution in [2.75, 3.05) is 19.6 Å². The molecule has 2 aromatic rings. The molecule has 1 aromatic carbocycles. The molecule has 1 aliphatic heterocycles. The second-order valence-electron chi connectivity index (χ2n) is 5.60. The van der Waals surface area contributed by atoms with Gasteiger partial charge in [-0.1, -0.05) is 25.5 Å². The molecule has 0 radical (unpaired) electrons. The van der Waals surface area contributed by atoms with Crippen LogP contribution in [0.15, 0.2) is 24.3 Å². The van der Waals surface area contributed by atoms with Gasteiger partial charge in [-0.05, 0) is 38.1 Å². The second-order valence-corrected chi connectivity index (χ2v) is 6.72. The number of fused-ring (bicyclic) bond motifs is 1. The van der Waals surface area contributed by atoms with Crippen LogP contribution in [-0.2, 0) is 6.54 Å². The third-order valence-electron chi connectivity index (χ3n) is 3.90. The van der Waals surface area contributed by atoms with E-state index < -0.39 is 0 Å². The van der Waals surface area contributed by atoms with Gasteiger partial charge in [0.15, 0.2) is 0 Å². The number of nitrogens with zero attached hydrogens (tertiary/aromatic N) is 2. The van der Waals surface area contributed by atoms with E-state index in [2.05, 4.69) is 41.4 Å². The van der Waals surface area contributed by atoms with E-state index in [9.17, 15) is 0 Å². The van der Waals surface area contributed by atoms with E-state index in [0.717, 1.165) is 25.2 Å². The molecule has 1 saturated heterocycles. The summed E-state index contributed by atoms with van der Waals surface area (Å²) in [5.74, 6) is 0.